The SMILES string of the molecule is CC(=Nn1c(-c2ccc3c(c2)NC(=O)CO3)csc1=Nc1ccccc1)c1ccccc1Br. The predicted octanol–water partition coefficient (Wildman–Crippen LogP) is 5.81. The Morgan fingerprint density at radius 3 is 2.70 bits per heavy atom. The second kappa shape index (κ2) is 9.17. The van der Waals surface area contributed by atoms with Crippen LogP contribution in [0, 0.1) is 0 Å². The number of fused-ring (bicyclic) bond motifs is 1. The van der Waals surface area contributed by atoms with Gasteiger partial charge in [-0.2, -0.15) is 5.10 Å². The van der Waals surface area contributed by atoms with E-state index in [0.29, 0.717) is 11.4 Å². The van der Waals surface area contributed by atoms with Crippen LogP contribution in [0.15, 0.2) is 92.7 Å². The van der Waals surface area contributed by atoms with Crippen molar-refractivity contribution in [2.45, 2.75) is 6.92 Å². The zero-order valence-corrected chi connectivity index (χ0v) is 20.1. The van der Waals surface area contributed by atoms with E-state index in [2.05, 4.69) is 21.2 Å². The number of para-hydroxylation sites is 1. The van der Waals surface area contributed by atoms with Crippen LogP contribution in [0.25, 0.3) is 11.3 Å². The second-order valence-electron chi connectivity index (χ2n) is 7.38. The Balaban J connectivity index is 1.67. The lowest BCUT2D eigenvalue weighted by Crippen LogP contribution is -2.25. The number of nitrogens with zero attached hydrogens (tertiary/aromatic N) is 3. The number of thiazole rings is 1. The molecule has 8 heteroatoms. The Morgan fingerprint density at radius 2 is 1.88 bits per heavy atom. The summed E-state index contributed by atoms with van der Waals surface area (Å²) in [6.45, 7) is 2.00. The number of anilines is 1. The normalized spacial score (nSPS) is 13.9. The number of rotatable bonds is 4. The van der Waals surface area contributed by atoms with Gasteiger partial charge in [-0.1, -0.05) is 52.3 Å². The predicted molar refractivity (Wildman–Crippen MR) is 135 cm³/mol. The molecule has 164 valence electrons. The average Bonchev–Trinajstić information content (AvgIpc) is 3.21. The molecule has 0 aliphatic carbocycles. The van der Waals surface area contributed by atoms with E-state index in [4.69, 9.17) is 14.8 Å². The van der Waals surface area contributed by atoms with Crippen LogP contribution in [0.3, 0.4) is 0 Å². The number of ether oxygens (including phenoxy) is 1. The minimum absolute atomic E-state index is 0.0281. The van der Waals surface area contributed by atoms with Gasteiger partial charge < -0.3 is 10.1 Å². The van der Waals surface area contributed by atoms with Gasteiger partial charge in [0.2, 0.25) is 4.80 Å². The van der Waals surface area contributed by atoms with Gasteiger partial charge in [-0.15, -0.1) is 11.3 Å². The van der Waals surface area contributed by atoms with Gasteiger partial charge in [-0.3, -0.25) is 4.79 Å². The second-order valence-corrected chi connectivity index (χ2v) is 9.07. The molecule has 0 bridgehead atoms. The molecule has 0 saturated heterocycles. The van der Waals surface area contributed by atoms with Crippen molar-refractivity contribution in [1.82, 2.24) is 4.68 Å². The summed E-state index contributed by atoms with van der Waals surface area (Å²) in [5, 5.41) is 9.85. The third kappa shape index (κ3) is 4.53. The molecule has 1 amide bonds. The van der Waals surface area contributed by atoms with E-state index in [1.165, 1.54) is 11.3 Å². The van der Waals surface area contributed by atoms with E-state index in [-0.39, 0.29) is 12.5 Å². The van der Waals surface area contributed by atoms with Gasteiger partial charge in [0, 0.05) is 21.0 Å². The summed E-state index contributed by atoms with van der Waals surface area (Å²) in [5.74, 6) is 0.489. The molecule has 1 aliphatic heterocycles. The minimum atomic E-state index is -0.166. The Hall–Kier alpha value is -3.49. The highest BCUT2D eigenvalue weighted by Gasteiger charge is 2.18. The lowest BCUT2D eigenvalue weighted by molar-refractivity contribution is -0.118. The zero-order chi connectivity index (χ0) is 22.8. The van der Waals surface area contributed by atoms with Gasteiger partial charge in [0.05, 0.1) is 22.8 Å². The quantitative estimate of drug-likeness (QED) is 0.346. The number of halogens is 1. The molecule has 0 fully saturated rings. The summed E-state index contributed by atoms with van der Waals surface area (Å²) >= 11 is 5.12. The molecule has 2 heterocycles. The van der Waals surface area contributed by atoms with Crippen LogP contribution in [0.5, 0.6) is 5.75 Å². The number of carbonyl (C=O) groups excluding carboxylic acids is 1. The van der Waals surface area contributed by atoms with Gasteiger partial charge in [0.15, 0.2) is 6.61 Å². The Kier molecular flexibility index (Phi) is 5.93. The highest BCUT2D eigenvalue weighted by molar-refractivity contribution is 9.10. The first-order chi connectivity index (χ1) is 16.1. The van der Waals surface area contributed by atoms with Gasteiger partial charge in [-0.05, 0) is 43.3 Å². The van der Waals surface area contributed by atoms with Crippen LogP contribution in [-0.4, -0.2) is 22.9 Å². The fourth-order valence-corrected chi connectivity index (χ4v) is 4.91. The fraction of sp³-hybridized carbons (Fsp3) is 0.0800. The van der Waals surface area contributed by atoms with Crippen molar-refractivity contribution >= 4 is 50.3 Å². The zero-order valence-electron chi connectivity index (χ0n) is 17.7. The summed E-state index contributed by atoms with van der Waals surface area (Å²) in [6, 6.07) is 23.5. The number of carbonyl (C=O) groups is 1. The van der Waals surface area contributed by atoms with Crippen molar-refractivity contribution in [3.8, 4) is 17.0 Å². The third-order valence-electron chi connectivity index (χ3n) is 5.09. The van der Waals surface area contributed by atoms with Crippen molar-refractivity contribution in [2.75, 3.05) is 11.9 Å². The number of aromatic nitrogens is 1. The molecule has 0 spiro atoms. The number of hydrogen-bond donors (Lipinski definition) is 1. The van der Waals surface area contributed by atoms with Crippen molar-refractivity contribution < 1.29 is 9.53 Å². The number of benzene rings is 3. The average molecular weight is 519 g/mol. The molecule has 0 atom stereocenters. The fourth-order valence-electron chi connectivity index (χ4n) is 3.49. The molecular weight excluding hydrogens is 500 g/mol. The molecule has 4 aromatic rings. The molecular formula is C25H19BrN4O2S. The van der Waals surface area contributed by atoms with Crippen LogP contribution in [0.4, 0.5) is 11.4 Å². The maximum absolute atomic E-state index is 11.8. The highest BCUT2D eigenvalue weighted by atomic mass is 79.9. The van der Waals surface area contributed by atoms with Crippen molar-refractivity contribution in [1.29, 1.82) is 0 Å². The summed E-state index contributed by atoms with van der Waals surface area (Å²) in [4.78, 5) is 17.4. The van der Waals surface area contributed by atoms with E-state index >= 15 is 0 Å². The first kappa shape index (κ1) is 21.4. The molecule has 33 heavy (non-hydrogen) atoms. The summed E-state index contributed by atoms with van der Waals surface area (Å²) in [5.41, 5.74) is 5.09. The van der Waals surface area contributed by atoms with Crippen LogP contribution >= 0.6 is 27.3 Å². The van der Waals surface area contributed by atoms with E-state index in [9.17, 15) is 4.79 Å². The minimum Gasteiger partial charge on any atom is -0.482 e. The van der Waals surface area contributed by atoms with Crippen LogP contribution in [0.2, 0.25) is 0 Å². The Morgan fingerprint density at radius 1 is 1.09 bits per heavy atom. The Bertz CT molecular complexity index is 1440. The van der Waals surface area contributed by atoms with Gasteiger partial charge in [-0.25, -0.2) is 9.67 Å². The van der Waals surface area contributed by atoms with Crippen molar-refractivity contribution in [3.63, 3.8) is 0 Å². The first-order valence-corrected chi connectivity index (χ1v) is 11.9. The Labute approximate surface area is 203 Å². The van der Waals surface area contributed by atoms with E-state index in [1.807, 2.05) is 89.8 Å². The van der Waals surface area contributed by atoms with E-state index in [1.54, 1.807) is 0 Å². The van der Waals surface area contributed by atoms with Crippen molar-refractivity contribution in [2.24, 2.45) is 10.1 Å². The molecule has 6 nitrogen and oxygen atoms in total. The van der Waals surface area contributed by atoms with Gasteiger partial charge in [0.1, 0.15) is 5.75 Å². The van der Waals surface area contributed by atoms with Crippen LogP contribution < -0.4 is 14.9 Å². The highest BCUT2D eigenvalue weighted by Crippen LogP contribution is 2.33. The summed E-state index contributed by atoms with van der Waals surface area (Å²) in [7, 11) is 0. The molecule has 1 aromatic heterocycles. The third-order valence-corrected chi connectivity index (χ3v) is 6.60. The summed E-state index contributed by atoms with van der Waals surface area (Å²) in [6.07, 6.45) is 0. The molecule has 0 radical (unpaired) electrons. The number of nitrogens with one attached hydrogen (secondary N) is 1. The van der Waals surface area contributed by atoms with E-state index < -0.39 is 0 Å². The maximum atomic E-state index is 11.8. The standard InChI is InChI=1S/C25H19BrN4O2S/c1-16(19-9-5-6-10-20(19)26)29-30-22(15-33-25(30)27-18-7-3-2-4-8-18)17-11-12-23-21(13-17)28-24(31)14-32-23/h2-13,15H,14H2,1H3,(H,28,31). The monoisotopic (exact) mass is 518 g/mol. The maximum Gasteiger partial charge on any atom is 0.262 e. The van der Waals surface area contributed by atoms with Gasteiger partial charge >= 0.3 is 0 Å². The van der Waals surface area contributed by atoms with Crippen LogP contribution in [0.1, 0.15) is 12.5 Å². The number of amides is 1. The molecule has 5 rings (SSSR count). The van der Waals surface area contributed by atoms with Crippen LogP contribution in [-0.2, 0) is 4.79 Å². The molecule has 1 N–H and O–H groups in total. The van der Waals surface area contributed by atoms with E-state index in [0.717, 1.165) is 37.5 Å². The lowest BCUT2D eigenvalue weighted by atomic mass is 10.1. The smallest absolute Gasteiger partial charge is 0.262 e. The topological polar surface area (TPSA) is 68.0 Å². The largest absolute Gasteiger partial charge is 0.482 e. The lowest BCUT2D eigenvalue weighted by Gasteiger charge is -2.18. The first-order valence-electron chi connectivity index (χ1n) is 10.3. The van der Waals surface area contributed by atoms with Gasteiger partial charge in [0.25, 0.3) is 5.91 Å². The molecule has 1 aliphatic rings. The molecule has 0 saturated carbocycles. The van der Waals surface area contributed by atoms with Crippen molar-refractivity contribution in [3.05, 3.63) is 93.0 Å². The number of hydrogen-bond acceptors (Lipinski definition) is 5. The molecule has 0 unspecified atom stereocenters. The summed E-state index contributed by atoms with van der Waals surface area (Å²) < 4.78 is 8.33. The molecule has 3 aromatic carbocycles.